The van der Waals surface area contributed by atoms with Crippen molar-refractivity contribution in [1.82, 2.24) is 10.2 Å². The van der Waals surface area contributed by atoms with Gasteiger partial charge in [0.25, 0.3) is 0 Å². The van der Waals surface area contributed by atoms with Crippen LogP contribution >= 0.6 is 0 Å². The van der Waals surface area contributed by atoms with E-state index in [-0.39, 0.29) is 24.2 Å². The second-order valence-corrected chi connectivity index (χ2v) is 7.39. The molecule has 0 saturated carbocycles. The predicted octanol–water partition coefficient (Wildman–Crippen LogP) is 0.948. The van der Waals surface area contributed by atoms with Crippen LogP contribution in [-0.2, 0) is 16.0 Å². The highest BCUT2D eigenvalue weighted by Gasteiger charge is 2.34. The average Bonchev–Trinajstić information content (AvgIpc) is 2.97. The number of benzene rings is 1. The molecule has 0 spiro atoms. The standard InChI is InChI=1S/C19H29N3O4/c1-19(2,20)12-21-18(24)14-10-17(23)22(11-14)8-7-13-5-6-15(25-3)16(9-13)26-4/h5-6,9,14H,7-8,10-12,20H2,1-4H3,(H,21,24). The Bertz CT molecular complexity index is 655. The summed E-state index contributed by atoms with van der Waals surface area (Å²) in [4.78, 5) is 26.2. The van der Waals surface area contributed by atoms with Gasteiger partial charge in [0.15, 0.2) is 11.5 Å². The van der Waals surface area contributed by atoms with E-state index in [0.29, 0.717) is 37.6 Å². The molecule has 0 radical (unpaired) electrons. The van der Waals surface area contributed by atoms with Crippen molar-refractivity contribution in [3.63, 3.8) is 0 Å². The quantitative estimate of drug-likeness (QED) is 0.717. The molecule has 1 atom stereocenters. The smallest absolute Gasteiger partial charge is 0.225 e. The Hall–Kier alpha value is -2.28. The number of hydrogen-bond donors (Lipinski definition) is 2. The molecule has 7 heteroatoms. The number of methoxy groups -OCH3 is 2. The first-order valence-corrected chi connectivity index (χ1v) is 8.79. The van der Waals surface area contributed by atoms with Crippen molar-refractivity contribution in [3.05, 3.63) is 23.8 Å². The Kier molecular flexibility index (Phi) is 6.47. The van der Waals surface area contributed by atoms with Crippen LogP contribution in [0.2, 0.25) is 0 Å². The minimum atomic E-state index is -0.467. The summed E-state index contributed by atoms with van der Waals surface area (Å²) in [6.07, 6.45) is 0.943. The molecule has 26 heavy (non-hydrogen) atoms. The van der Waals surface area contributed by atoms with Gasteiger partial charge in [-0.05, 0) is 38.0 Å². The summed E-state index contributed by atoms with van der Waals surface area (Å²) in [5.74, 6) is 0.936. The highest BCUT2D eigenvalue weighted by atomic mass is 16.5. The number of carbonyl (C=O) groups excluding carboxylic acids is 2. The molecular weight excluding hydrogens is 334 g/mol. The third kappa shape index (κ3) is 5.36. The molecule has 1 unspecified atom stereocenters. The maximum Gasteiger partial charge on any atom is 0.225 e. The van der Waals surface area contributed by atoms with E-state index in [1.54, 1.807) is 19.1 Å². The predicted molar refractivity (Wildman–Crippen MR) is 99.2 cm³/mol. The zero-order chi connectivity index (χ0) is 19.3. The Morgan fingerprint density at radius 3 is 2.62 bits per heavy atom. The minimum Gasteiger partial charge on any atom is -0.493 e. The van der Waals surface area contributed by atoms with E-state index >= 15 is 0 Å². The summed E-state index contributed by atoms with van der Waals surface area (Å²) in [7, 11) is 3.19. The molecule has 1 heterocycles. The van der Waals surface area contributed by atoms with Gasteiger partial charge in [0.2, 0.25) is 11.8 Å². The number of nitrogens with one attached hydrogen (secondary N) is 1. The molecule has 1 aromatic rings. The molecule has 3 N–H and O–H groups in total. The van der Waals surface area contributed by atoms with Gasteiger partial charge in [0, 0.05) is 31.6 Å². The number of carbonyl (C=O) groups is 2. The van der Waals surface area contributed by atoms with Gasteiger partial charge in [-0.15, -0.1) is 0 Å². The summed E-state index contributed by atoms with van der Waals surface area (Å²) in [5.41, 5.74) is 6.46. The second kappa shape index (κ2) is 8.40. The molecule has 0 aliphatic carbocycles. The van der Waals surface area contributed by atoms with Crippen LogP contribution in [0.1, 0.15) is 25.8 Å². The average molecular weight is 363 g/mol. The van der Waals surface area contributed by atoms with E-state index in [4.69, 9.17) is 15.2 Å². The lowest BCUT2D eigenvalue weighted by atomic mass is 10.1. The van der Waals surface area contributed by atoms with Crippen molar-refractivity contribution in [1.29, 1.82) is 0 Å². The largest absolute Gasteiger partial charge is 0.493 e. The maximum absolute atomic E-state index is 12.2. The van der Waals surface area contributed by atoms with E-state index in [1.807, 2.05) is 32.0 Å². The third-order valence-electron chi connectivity index (χ3n) is 4.42. The fourth-order valence-corrected chi connectivity index (χ4v) is 2.92. The van der Waals surface area contributed by atoms with Crippen LogP contribution in [-0.4, -0.2) is 56.1 Å². The van der Waals surface area contributed by atoms with Crippen molar-refractivity contribution in [3.8, 4) is 11.5 Å². The van der Waals surface area contributed by atoms with Crippen molar-refractivity contribution >= 4 is 11.8 Å². The van der Waals surface area contributed by atoms with Crippen molar-refractivity contribution in [2.24, 2.45) is 11.7 Å². The first kappa shape index (κ1) is 20.0. The van der Waals surface area contributed by atoms with Crippen LogP contribution in [0.4, 0.5) is 0 Å². The fourth-order valence-electron chi connectivity index (χ4n) is 2.92. The molecule has 1 aliphatic heterocycles. The van der Waals surface area contributed by atoms with E-state index in [1.165, 1.54) is 0 Å². The van der Waals surface area contributed by atoms with Crippen LogP contribution in [0.5, 0.6) is 11.5 Å². The number of hydrogen-bond acceptors (Lipinski definition) is 5. The lowest BCUT2D eigenvalue weighted by Crippen LogP contribution is -2.46. The Balaban J connectivity index is 1.89. The maximum atomic E-state index is 12.2. The Labute approximate surface area is 154 Å². The van der Waals surface area contributed by atoms with E-state index in [2.05, 4.69) is 5.32 Å². The summed E-state index contributed by atoms with van der Waals surface area (Å²) >= 11 is 0. The number of nitrogens with zero attached hydrogens (tertiary/aromatic N) is 1. The van der Waals surface area contributed by atoms with Crippen molar-refractivity contribution in [2.45, 2.75) is 32.2 Å². The highest BCUT2D eigenvalue weighted by molar-refractivity contribution is 5.89. The number of likely N-dealkylation sites (tertiary alicyclic amines) is 1. The summed E-state index contributed by atoms with van der Waals surface area (Å²) in [6, 6.07) is 5.72. The normalized spacial score (nSPS) is 17.3. The zero-order valence-electron chi connectivity index (χ0n) is 16.0. The van der Waals surface area contributed by atoms with Crippen LogP contribution in [0.15, 0.2) is 18.2 Å². The van der Waals surface area contributed by atoms with Crippen LogP contribution in [0.25, 0.3) is 0 Å². The van der Waals surface area contributed by atoms with Crippen molar-refractivity contribution in [2.75, 3.05) is 33.9 Å². The summed E-state index contributed by atoms with van der Waals surface area (Å²) in [5, 5.41) is 2.83. The first-order valence-electron chi connectivity index (χ1n) is 8.79. The number of rotatable bonds is 8. The van der Waals surface area contributed by atoms with E-state index < -0.39 is 5.54 Å². The van der Waals surface area contributed by atoms with Crippen LogP contribution < -0.4 is 20.5 Å². The van der Waals surface area contributed by atoms with E-state index in [0.717, 1.165) is 5.56 Å². The highest BCUT2D eigenvalue weighted by Crippen LogP contribution is 2.28. The molecule has 1 aromatic carbocycles. The van der Waals surface area contributed by atoms with Gasteiger partial charge in [-0.1, -0.05) is 6.07 Å². The fraction of sp³-hybridized carbons (Fsp3) is 0.579. The Morgan fingerprint density at radius 1 is 1.31 bits per heavy atom. The van der Waals surface area contributed by atoms with Gasteiger partial charge in [-0.3, -0.25) is 9.59 Å². The number of amides is 2. The van der Waals surface area contributed by atoms with Gasteiger partial charge in [-0.25, -0.2) is 0 Å². The van der Waals surface area contributed by atoms with Crippen LogP contribution in [0.3, 0.4) is 0 Å². The van der Waals surface area contributed by atoms with Gasteiger partial charge >= 0.3 is 0 Å². The van der Waals surface area contributed by atoms with Gasteiger partial charge < -0.3 is 25.4 Å². The topological polar surface area (TPSA) is 93.9 Å². The molecule has 144 valence electrons. The first-order chi connectivity index (χ1) is 12.2. The van der Waals surface area contributed by atoms with E-state index in [9.17, 15) is 9.59 Å². The second-order valence-electron chi connectivity index (χ2n) is 7.39. The molecule has 0 bridgehead atoms. The monoisotopic (exact) mass is 363 g/mol. The molecule has 2 rings (SSSR count). The van der Waals surface area contributed by atoms with Gasteiger partial charge in [0.1, 0.15) is 0 Å². The molecule has 1 fully saturated rings. The molecular formula is C19H29N3O4. The van der Waals surface area contributed by atoms with Crippen molar-refractivity contribution < 1.29 is 19.1 Å². The molecule has 7 nitrogen and oxygen atoms in total. The Morgan fingerprint density at radius 2 is 2.00 bits per heavy atom. The van der Waals surface area contributed by atoms with Gasteiger partial charge in [-0.2, -0.15) is 0 Å². The molecule has 1 saturated heterocycles. The minimum absolute atomic E-state index is 0.0117. The molecule has 2 amide bonds. The zero-order valence-corrected chi connectivity index (χ0v) is 16.0. The third-order valence-corrected chi connectivity index (χ3v) is 4.42. The molecule has 0 aromatic heterocycles. The lowest BCUT2D eigenvalue weighted by molar-refractivity contribution is -0.129. The number of nitrogens with two attached hydrogens (primary N) is 1. The summed E-state index contributed by atoms with van der Waals surface area (Å²) in [6.45, 7) is 5.11. The van der Waals surface area contributed by atoms with Crippen LogP contribution in [0, 0.1) is 5.92 Å². The summed E-state index contributed by atoms with van der Waals surface area (Å²) < 4.78 is 10.5. The molecule has 1 aliphatic rings. The lowest BCUT2D eigenvalue weighted by Gasteiger charge is -2.21. The SMILES string of the molecule is COc1ccc(CCN2CC(C(=O)NCC(C)(C)N)CC2=O)cc1OC. The van der Waals surface area contributed by atoms with Gasteiger partial charge in [0.05, 0.1) is 20.1 Å². The number of ether oxygens (including phenoxy) is 2.